The van der Waals surface area contributed by atoms with Crippen LogP contribution in [0.25, 0.3) is 11.3 Å². The molecule has 2 unspecified atom stereocenters. The van der Waals surface area contributed by atoms with Gasteiger partial charge in [-0.25, -0.2) is 4.98 Å². The summed E-state index contributed by atoms with van der Waals surface area (Å²) in [5.74, 6) is 3.78. The average Bonchev–Trinajstić information content (AvgIpc) is 2.82. The summed E-state index contributed by atoms with van der Waals surface area (Å²) in [7, 11) is 1.67. The smallest absolute Gasteiger partial charge is 0.222 e. The van der Waals surface area contributed by atoms with Gasteiger partial charge in [0.25, 0.3) is 0 Å². The molecule has 1 saturated carbocycles. The van der Waals surface area contributed by atoms with Crippen LogP contribution in [-0.2, 0) is 0 Å². The highest BCUT2D eigenvalue weighted by atomic mass is 16.5. The van der Waals surface area contributed by atoms with Gasteiger partial charge < -0.3 is 15.4 Å². The third kappa shape index (κ3) is 2.26. The van der Waals surface area contributed by atoms with Crippen LogP contribution in [0.4, 0.5) is 11.8 Å². The van der Waals surface area contributed by atoms with Crippen LogP contribution in [0.5, 0.6) is 5.75 Å². The van der Waals surface area contributed by atoms with Gasteiger partial charge in [-0.1, -0.05) is 12.1 Å². The second-order valence-electron chi connectivity index (χ2n) is 6.20. The van der Waals surface area contributed by atoms with E-state index in [0.717, 1.165) is 47.8 Å². The Balaban J connectivity index is 1.68. The summed E-state index contributed by atoms with van der Waals surface area (Å²) in [4.78, 5) is 11.2. The molecule has 1 saturated heterocycles. The molecule has 2 N–H and O–H groups in total. The number of anilines is 2. The van der Waals surface area contributed by atoms with E-state index in [-0.39, 0.29) is 0 Å². The predicted octanol–water partition coefficient (Wildman–Crippen LogP) is 2.58. The quantitative estimate of drug-likeness (QED) is 0.943. The van der Waals surface area contributed by atoms with Crippen molar-refractivity contribution < 1.29 is 4.74 Å². The summed E-state index contributed by atoms with van der Waals surface area (Å²) in [6.07, 6.45) is 2.70. The monoisotopic (exact) mass is 296 g/mol. The molecule has 0 amide bonds. The van der Waals surface area contributed by atoms with Gasteiger partial charge in [0, 0.05) is 24.7 Å². The summed E-state index contributed by atoms with van der Waals surface area (Å²) in [6, 6.07) is 9.91. The molecule has 2 fully saturated rings. The van der Waals surface area contributed by atoms with Crippen molar-refractivity contribution in [1.29, 1.82) is 0 Å². The zero-order chi connectivity index (χ0) is 15.1. The molecular formula is C17H20N4O. The van der Waals surface area contributed by atoms with Gasteiger partial charge in [-0.15, -0.1) is 0 Å². The minimum absolute atomic E-state index is 0.328. The van der Waals surface area contributed by atoms with Gasteiger partial charge in [0.15, 0.2) is 0 Å². The minimum atomic E-state index is 0.328. The maximum Gasteiger partial charge on any atom is 0.222 e. The predicted molar refractivity (Wildman–Crippen MR) is 86.9 cm³/mol. The molecule has 1 aliphatic heterocycles. The molecule has 2 aliphatic rings. The maximum atomic E-state index is 5.94. The van der Waals surface area contributed by atoms with Crippen LogP contribution in [-0.4, -0.2) is 30.2 Å². The lowest BCUT2D eigenvalue weighted by Crippen LogP contribution is -2.22. The Bertz CT molecular complexity index is 691. The highest BCUT2D eigenvalue weighted by molar-refractivity contribution is 5.66. The lowest BCUT2D eigenvalue weighted by molar-refractivity contribution is 0.243. The Morgan fingerprint density at radius 2 is 1.91 bits per heavy atom. The largest absolute Gasteiger partial charge is 0.497 e. The van der Waals surface area contributed by atoms with Crippen molar-refractivity contribution in [2.75, 3.05) is 30.8 Å². The van der Waals surface area contributed by atoms with Crippen molar-refractivity contribution in [3.8, 4) is 17.0 Å². The van der Waals surface area contributed by atoms with Gasteiger partial charge in [0.1, 0.15) is 11.6 Å². The summed E-state index contributed by atoms with van der Waals surface area (Å²) in [5, 5.41) is 0. The lowest BCUT2D eigenvalue weighted by Gasteiger charge is -2.27. The first-order valence-electron chi connectivity index (χ1n) is 7.77. The maximum absolute atomic E-state index is 5.94. The number of ether oxygens (including phenoxy) is 1. The fourth-order valence-electron chi connectivity index (χ4n) is 3.49. The second-order valence-corrected chi connectivity index (χ2v) is 6.20. The average molecular weight is 296 g/mol. The van der Waals surface area contributed by atoms with Crippen molar-refractivity contribution in [1.82, 2.24) is 9.97 Å². The van der Waals surface area contributed by atoms with Gasteiger partial charge in [-0.2, -0.15) is 4.98 Å². The molecule has 1 aromatic carbocycles. The van der Waals surface area contributed by atoms with E-state index >= 15 is 0 Å². The Morgan fingerprint density at radius 3 is 2.59 bits per heavy atom. The van der Waals surface area contributed by atoms with Gasteiger partial charge in [-0.3, -0.25) is 0 Å². The fourth-order valence-corrected chi connectivity index (χ4v) is 3.49. The minimum Gasteiger partial charge on any atom is -0.497 e. The number of aromatic nitrogens is 2. The number of hydrogen-bond donors (Lipinski definition) is 1. The molecule has 114 valence electrons. The molecule has 1 aliphatic carbocycles. The van der Waals surface area contributed by atoms with Crippen LogP contribution >= 0.6 is 0 Å². The fraction of sp³-hybridized carbons (Fsp3) is 0.412. The van der Waals surface area contributed by atoms with Crippen LogP contribution in [0, 0.1) is 11.8 Å². The normalized spacial score (nSPS) is 23.0. The first-order valence-corrected chi connectivity index (χ1v) is 7.77. The molecule has 2 atom stereocenters. The number of benzene rings is 1. The molecular weight excluding hydrogens is 276 g/mol. The molecule has 0 bridgehead atoms. The van der Waals surface area contributed by atoms with E-state index in [0.29, 0.717) is 5.95 Å². The van der Waals surface area contributed by atoms with Crippen molar-refractivity contribution in [3.05, 3.63) is 30.3 Å². The highest BCUT2D eigenvalue weighted by Crippen LogP contribution is 2.42. The van der Waals surface area contributed by atoms with E-state index in [1.165, 1.54) is 12.8 Å². The molecule has 5 nitrogen and oxygen atoms in total. The molecule has 0 spiro atoms. The first-order chi connectivity index (χ1) is 10.7. The Kier molecular flexibility index (Phi) is 3.13. The number of nitrogens with zero attached hydrogens (tertiary/aromatic N) is 3. The van der Waals surface area contributed by atoms with Crippen LogP contribution < -0.4 is 15.4 Å². The second kappa shape index (κ2) is 5.16. The number of nitrogens with two attached hydrogens (primary N) is 1. The Morgan fingerprint density at radius 1 is 1.14 bits per heavy atom. The van der Waals surface area contributed by atoms with Crippen molar-refractivity contribution >= 4 is 11.8 Å². The third-order valence-corrected chi connectivity index (χ3v) is 4.90. The summed E-state index contributed by atoms with van der Waals surface area (Å²) >= 11 is 0. The summed E-state index contributed by atoms with van der Waals surface area (Å²) in [6.45, 7) is 2.19. The van der Waals surface area contributed by atoms with E-state index in [4.69, 9.17) is 10.5 Å². The van der Waals surface area contributed by atoms with Gasteiger partial charge >= 0.3 is 0 Å². The zero-order valence-corrected chi connectivity index (χ0v) is 12.7. The Hall–Kier alpha value is -2.30. The number of fused-ring (bicyclic) bond motifs is 1. The number of hydrogen-bond acceptors (Lipinski definition) is 5. The molecule has 2 aromatic rings. The SMILES string of the molecule is COc1cccc(-c2cc(N3CC4CCC4C3)nc(N)n2)c1. The molecule has 1 aromatic heterocycles. The van der Waals surface area contributed by atoms with E-state index in [1.54, 1.807) is 7.11 Å². The topological polar surface area (TPSA) is 64.3 Å². The molecule has 2 heterocycles. The zero-order valence-electron chi connectivity index (χ0n) is 12.7. The van der Waals surface area contributed by atoms with E-state index in [1.807, 2.05) is 30.3 Å². The standard InChI is InChI=1S/C17H20N4O/c1-22-14-4-2-3-11(7-14)15-8-16(20-17(18)19-15)21-9-12-5-6-13(12)10-21/h2-4,7-8,12-13H,5-6,9-10H2,1H3,(H2,18,19,20). The van der Waals surface area contributed by atoms with Crippen molar-refractivity contribution in [2.24, 2.45) is 11.8 Å². The van der Waals surface area contributed by atoms with Gasteiger partial charge in [-0.05, 0) is 36.8 Å². The van der Waals surface area contributed by atoms with Crippen LogP contribution in [0.15, 0.2) is 30.3 Å². The highest BCUT2D eigenvalue weighted by Gasteiger charge is 2.39. The van der Waals surface area contributed by atoms with Crippen LogP contribution in [0.2, 0.25) is 0 Å². The Labute approximate surface area is 130 Å². The number of nitrogen functional groups attached to an aromatic ring is 1. The van der Waals surface area contributed by atoms with Crippen molar-refractivity contribution in [3.63, 3.8) is 0 Å². The number of rotatable bonds is 3. The summed E-state index contributed by atoms with van der Waals surface area (Å²) < 4.78 is 5.29. The lowest BCUT2D eigenvalue weighted by atomic mass is 9.77. The number of methoxy groups -OCH3 is 1. The van der Waals surface area contributed by atoms with E-state index in [9.17, 15) is 0 Å². The van der Waals surface area contributed by atoms with Gasteiger partial charge in [0.05, 0.1) is 12.8 Å². The van der Waals surface area contributed by atoms with E-state index < -0.39 is 0 Å². The van der Waals surface area contributed by atoms with Crippen molar-refractivity contribution in [2.45, 2.75) is 12.8 Å². The van der Waals surface area contributed by atoms with Gasteiger partial charge in [0.2, 0.25) is 5.95 Å². The molecule has 22 heavy (non-hydrogen) atoms. The molecule has 4 rings (SSSR count). The van der Waals surface area contributed by atoms with E-state index in [2.05, 4.69) is 14.9 Å². The molecule has 0 radical (unpaired) electrons. The third-order valence-electron chi connectivity index (χ3n) is 4.90. The van der Waals surface area contributed by atoms with Crippen LogP contribution in [0.3, 0.4) is 0 Å². The van der Waals surface area contributed by atoms with Crippen LogP contribution in [0.1, 0.15) is 12.8 Å². The summed E-state index contributed by atoms with van der Waals surface area (Å²) in [5.41, 5.74) is 7.78. The molecule has 5 heteroatoms. The first kappa shape index (κ1) is 13.4.